The van der Waals surface area contributed by atoms with Crippen LogP contribution < -0.4 is 15.6 Å². The molecule has 0 radical (unpaired) electrons. The van der Waals surface area contributed by atoms with Crippen LogP contribution in [0.3, 0.4) is 0 Å². The van der Waals surface area contributed by atoms with Gasteiger partial charge in [0.25, 0.3) is 0 Å². The van der Waals surface area contributed by atoms with Crippen molar-refractivity contribution in [3.05, 3.63) is 33.6 Å². The standard InChI is InChI=1S/C24H29F3N4O5/c1-5-35-21(33)16-12-31(14-6-7-14)19-15(18(16)32)10-17(24(25,26)27)20(29-19)30-9-8-13(11-30)28-22(34)36-23(2,3)4/h10,12-14H,5-9,11H2,1-4H3,(H,28,34). The van der Waals surface area contributed by atoms with Gasteiger partial charge < -0.3 is 24.3 Å². The van der Waals surface area contributed by atoms with Crippen LogP contribution in [0.2, 0.25) is 0 Å². The first-order valence-corrected chi connectivity index (χ1v) is 11.9. The summed E-state index contributed by atoms with van der Waals surface area (Å²) >= 11 is 0. The van der Waals surface area contributed by atoms with Crippen molar-refractivity contribution in [2.24, 2.45) is 0 Å². The highest BCUT2D eigenvalue weighted by Gasteiger charge is 2.40. The normalized spacial score (nSPS) is 18.4. The van der Waals surface area contributed by atoms with E-state index in [4.69, 9.17) is 9.47 Å². The second-order valence-electron chi connectivity index (χ2n) is 10.0. The fourth-order valence-electron chi connectivity index (χ4n) is 4.24. The number of esters is 1. The minimum absolute atomic E-state index is 0.0260. The van der Waals surface area contributed by atoms with Crippen LogP contribution >= 0.6 is 0 Å². The number of halogens is 3. The average molecular weight is 511 g/mol. The van der Waals surface area contributed by atoms with Crippen LogP contribution in [0.1, 0.15) is 68.9 Å². The Morgan fingerprint density at radius 3 is 2.47 bits per heavy atom. The number of carbonyl (C=O) groups is 2. The molecule has 196 valence electrons. The highest BCUT2D eigenvalue weighted by Crippen LogP contribution is 2.41. The number of anilines is 1. The molecule has 1 aliphatic heterocycles. The summed E-state index contributed by atoms with van der Waals surface area (Å²) in [6, 6.07) is 0.268. The van der Waals surface area contributed by atoms with E-state index in [0.29, 0.717) is 6.42 Å². The molecule has 12 heteroatoms. The molecule has 2 fully saturated rings. The molecular weight excluding hydrogens is 481 g/mol. The lowest BCUT2D eigenvalue weighted by Crippen LogP contribution is -2.40. The molecule has 1 unspecified atom stereocenters. The maximum atomic E-state index is 14.1. The van der Waals surface area contributed by atoms with Crippen molar-refractivity contribution in [2.45, 2.75) is 70.8 Å². The molecule has 36 heavy (non-hydrogen) atoms. The molecule has 4 rings (SSSR count). The van der Waals surface area contributed by atoms with Crippen molar-refractivity contribution in [3.63, 3.8) is 0 Å². The predicted octanol–water partition coefficient (Wildman–Crippen LogP) is 4.03. The molecule has 1 atom stereocenters. The molecular formula is C24H29F3N4O5. The van der Waals surface area contributed by atoms with Gasteiger partial charge in [-0.25, -0.2) is 14.6 Å². The quantitative estimate of drug-likeness (QED) is 0.606. The number of hydrogen-bond donors (Lipinski definition) is 1. The fraction of sp³-hybridized carbons (Fsp3) is 0.583. The van der Waals surface area contributed by atoms with Crippen molar-refractivity contribution in [1.82, 2.24) is 14.9 Å². The van der Waals surface area contributed by atoms with Crippen LogP contribution in [0, 0.1) is 0 Å². The Balaban J connectivity index is 1.75. The van der Waals surface area contributed by atoms with Crippen molar-refractivity contribution in [1.29, 1.82) is 0 Å². The second-order valence-corrected chi connectivity index (χ2v) is 10.0. The van der Waals surface area contributed by atoms with E-state index >= 15 is 0 Å². The van der Waals surface area contributed by atoms with Gasteiger partial charge in [0, 0.05) is 25.3 Å². The van der Waals surface area contributed by atoms with E-state index in [1.54, 1.807) is 32.3 Å². The van der Waals surface area contributed by atoms with Crippen LogP contribution in [-0.4, -0.2) is 53.0 Å². The van der Waals surface area contributed by atoms with Crippen LogP contribution in [0.15, 0.2) is 17.1 Å². The molecule has 3 heterocycles. The van der Waals surface area contributed by atoms with Crippen LogP contribution in [0.25, 0.3) is 11.0 Å². The van der Waals surface area contributed by atoms with Crippen molar-refractivity contribution in [2.75, 3.05) is 24.6 Å². The Labute approximate surface area is 205 Å². The summed E-state index contributed by atoms with van der Waals surface area (Å²) < 4.78 is 54.2. The van der Waals surface area contributed by atoms with E-state index in [1.165, 1.54) is 11.1 Å². The zero-order valence-electron chi connectivity index (χ0n) is 20.6. The molecule has 0 bridgehead atoms. The van der Waals surface area contributed by atoms with Gasteiger partial charge in [0.05, 0.1) is 23.6 Å². The molecule has 1 aliphatic carbocycles. The number of aromatic nitrogens is 2. The number of hydrogen-bond acceptors (Lipinski definition) is 7. The number of rotatable bonds is 5. The highest BCUT2D eigenvalue weighted by molar-refractivity contribution is 5.93. The molecule has 2 aromatic rings. The van der Waals surface area contributed by atoms with Gasteiger partial charge in [-0.15, -0.1) is 0 Å². The van der Waals surface area contributed by atoms with Gasteiger partial charge in [0.15, 0.2) is 0 Å². The summed E-state index contributed by atoms with van der Waals surface area (Å²) in [5.41, 5.74) is -2.87. The first-order chi connectivity index (χ1) is 16.8. The van der Waals surface area contributed by atoms with Crippen LogP contribution in [-0.2, 0) is 15.7 Å². The number of alkyl halides is 3. The van der Waals surface area contributed by atoms with Gasteiger partial charge in [-0.3, -0.25) is 4.79 Å². The van der Waals surface area contributed by atoms with Gasteiger partial charge in [-0.1, -0.05) is 0 Å². The van der Waals surface area contributed by atoms with E-state index in [9.17, 15) is 27.6 Å². The lowest BCUT2D eigenvalue weighted by molar-refractivity contribution is -0.137. The van der Waals surface area contributed by atoms with Crippen molar-refractivity contribution >= 4 is 28.9 Å². The first-order valence-electron chi connectivity index (χ1n) is 11.9. The van der Waals surface area contributed by atoms with Crippen molar-refractivity contribution < 1.29 is 32.2 Å². The largest absolute Gasteiger partial charge is 0.462 e. The number of carbonyl (C=O) groups excluding carboxylic acids is 2. The number of fused-ring (bicyclic) bond motifs is 1. The number of ether oxygens (including phenoxy) is 2. The highest BCUT2D eigenvalue weighted by atomic mass is 19.4. The molecule has 2 aliphatic rings. The lowest BCUT2D eigenvalue weighted by atomic mass is 10.1. The number of amides is 1. The molecule has 0 spiro atoms. The molecule has 9 nitrogen and oxygen atoms in total. The van der Waals surface area contributed by atoms with Crippen LogP contribution in [0.4, 0.5) is 23.8 Å². The van der Waals surface area contributed by atoms with E-state index < -0.39 is 40.9 Å². The summed E-state index contributed by atoms with van der Waals surface area (Å²) in [7, 11) is 0. The first kappa shape index (κ1) is 25.8. The molecule has 1 amide bonds. The zero-order chi connectivity index (χ0) is 26.4. The smallest absolute Gasteiger partial charge is 0.419 e. The monoisotopic (exact) mass is 510 g/mol. The Kier molecular flexibility index (Phi) is 6.65. The molecule has 1 N–H and O–H groups in total. The summed E-state index contributed by atoms with van der Waals surface area (Å²) in [6.07, 6.45) is -2.21. The Morgan fingerprint density at radius 2 is 1.89 bits per heavy atom. The lowest BCUT2D eigenvalue weighted by Gasteiger charge is -2.24. The van der Waals surface area contributed by atoms with E-state index in [-0.39, 0.29) is 48.2 Å². The summed E-state index contributed by atoms with van der Waals surface area (Å²) in [6.45, 7) is 7.07. The SMILES string of the molecule is CCOC(=O)c1cn(C2CC2)c2nc(N3CCC(NC(=O)OC(C)(C)C)C3)c(C(F)(F)F)cc2c1=O. The maximum Gasteiger partial charge on any atom is 0.419 e. The van der Waals surface area contributed by atoms with Crippen molar-refractivity contribution in [3.8, 4) is 0 Å². The van der Waals surface area contributed by atoms with Gasteiger partial charge in [-0.2, -0.15) is 13.2 Å². The number of alkyl carbamates (subject to hydrolysis) is 1. The Bertz CT molecular complexity index is 1250. The van der Waals surface area contributed by atoms with Gasteiger partial charge in [0.2, 0.25) is 5.43 Å². The van der Waals surface area contributed by atoms with E-state index in [2.05, 4.69) is 10.3 Å². The topological polar surface area (TPSA) is 103 Å². The van der Waals surface area contributed by atoms with Gasteiger partial charge in [0.1, 0.15) is 22.6 Å². The molecule has 2 aromatic heterocycles. The fourth-order valence-corrected chi connectivity index (χ4v) is 4.24. The second kappa shape index (κ2) is 9.29. The minimum Gasteiger partial charge on any atom is -0.462 e. The summed E-state index contributed by atoms with van der Waals surface area (Å²) in [4.78, 5) is 43.3. The minimum atomic E-state index is -4.80. The zero-order valence-corrected chi connectivity index (χ0v) is 20.6. The van der Waals surface area contributed by atoms with Gasteiger partial charge >= 0.3 is 18.2 Å². The summed E-state index contributed by atoms with van der Waals surface area (Å²) in [5.74, 6) is -1.20. The third-order valence-corrected chi connectivity index (χ3v) is 5.93. The maximum absolute atomic E-state index is 14.1. The number of pyridine rings is 2. The van der Waals surface area contributed by atoms with Crippen LogP contribution in [0.5, 0.6) is 0 Å². The molecule has 1 saturated heterocycles. The van der Waals surface area contributed by atoms with Gasteiger partial charge in [-0.05, 0) is 53.0 Å². The summed E-state index contributed by atoms with van der Waals surface area (Å²) in [5, 5.41) is 2.41. The van der Waals surface area contributed by atoms with E-state index in [1.807, 2.05) is 0 Å². The number of nitrogens with zero attached hydrogens (tertiary/aromatic N) is 3. The number of nitrogens with one attached hydrogen (secondary N) is 1. The Morgan fingerprint density at radius 1 is 1.19 bits per heavy atom. The predicted molar refractivity (Wildman–Crippen MR) is 125 cm³/mol. The van der Waals surface area contributed by atoms with E-state index in [0.717, 1.165) is 18.9 Å². The molecule has 0 aromatic carbocycles. The average Bonchev–Trinajstić information content (AvgIpc) is 3.50. The third-order valence-electron chi connectivity index (χ3n) is 5.93. The third kappa shape index (κ3) is 5.41. The Hall–Kier alpha value is -3.31. The molecule has 1 saturated carbocycles.